The molecule has 0 fully saturated rings. The zero-order chi connectivity index (χ0) is 19.8. The Morgan fingerprint density at radius 3 is 2.52 bits per heavy atom. The first-order valence-electron chi connectivity index (χ1n) is 8.22. The lowest BCUT2D eigenvalue weighted by Gasteiger charge is -2.20. The molecule has 0 spiro atoms. The van der Waals surface area contributed by atoms with E-state index in [-0.39, 0.29) is 5.92 Å². The number of carbonyl (C=O) groups is 3. The van der Waals surface area contributed by atoms with Crippen LogP contribution in [0.15, 0.2) is 41.8 Å². The van der Waals surface area contributed by atoms with Gasteiger partial charge in [-0.25, -0.2) is 4.79 Å². The molecule has 0 radical (unpaired) electrons. The van der Waals surface area contributed by atoms with Crippen molar-refractivity contribution in [3.05, 3.63) is 52.9 Å². The van der Waals surface area contributed by atoms with Crippen LogP contribution in [0.3, 0.4) is 0 Å². The van der Waals surface area contributed by atoms with Gasteiger partial charge in [-0.2, -0.15) is 5.26 Å². The number of hydrogen-bond acceptors (Lipinski definition) is 6. The van der Waals surface area contributed by atoms with Crippen LogP contribution < -0.4 is 10.6 Å². The minimum Gasteiger partial charge on any atom is -0.454 e. The Balaban J connectivity index is 1.92. The fraction of sp³-hybridized carbons (Fsp3) is 0.263. The number of nitrogens with one attached hydrogen (secondary N) is 2. The van der Waals surface area contributed by atoms with Gasteiger partial charge in [0.05, 0.1) is 5.56 Å². The van der Waals surface area contributed by atoms with E-state index in [1.165, 1.54) is 11.3 Å². The van der Waals surface area contributed by atoms with Crippen LogP contribution in [-0.2, 0) is 14.3 Å². The van der Waals surface area contributed by atoms with Gasteiger partial charge >= 0.3 is 5.97 Å². The van der Waals surface area contributed by atoms with Crippen LogP contribution in [0.2, 0.25) is 0 Å². The molecule has 1 aromatic carbocycles. The third-order valence-corrected chi connectivity index (χ3v) is 4.46. The number of anilines is 1. The highest BCUT2D eigenvalue weighted by Crippen LogP contribution is 2.21. The topological polar surface area (TPSA) is 108 Å². The summed E-state index contributed by atoms with van der Waals surface area (Å²) in [4.78, 5) is 36.5. The summed E-state index contributed by atoms with van der Waals surface area (Å²) in [7, 11) is 0. The first-order chi connectivity index (χ1) is 12.9. The van der Waals surface area contributed by atoms with E-state index in [9.17, 15) is 14.4 Å². The maximum atomic E-state index is 12.3. The minimum atomic E-state index is -0.887. The Hall–Kier alpha value is -3.18. The summed E-state index contributed by atoms with van der Waals surface area (Å²) in [5.74, 6) is -1.88. The maximum Gasteiger partial charge on any atom is 0.329 e. The number of nitrogens with zero attached hydrogens (tertiary/aromatic N) is 1. The van der Waals surface area contributed by atoms with E-state index >= 15 is 0 Å². The minimum absolute atomic E-state index is 0.226. The highest BCUT2D eigenvalue weighted by molar-refractivity contribution is 7.14. The molecule has 2 rings (SSSR count). The number of esters is 1. The molecule has 1 heterocycles. The summed E-state index contributed by atoms with van der Waals surface area (Å²) in [6.07, 6.45) is 0. The molecule has 2 amide bonds. The van der Waals surface area contributed by atoms with Crippen molar-refractivity contribution < 1.29 is 19.1 Å². The summed E-state index contributed by atoms with van der Waals surface area (Å²) in [6, 6.07) is 11.2. The Morgan fingerprint density at radius 1 is 1.19 bits per heavy atom. The normalized spacial score (nSPS) is 11.3. The quantitative estimate of drug-likeness (QED) is 0.712. The Labute approximate surface area is 161 Å². The molecule has 0 saturated carbocycles. The van der Waals surface area contributed by atoms with Gasteiger partial charge in [-0.05, 0) is 29.5 Å². The Kier molecular flexibility index (Phi) is 7.08. The van der Waals surface area contributed by atoms with Gasteiger partial charge < -0.3 is 15.4 Å². The Morgan fingerprint density at radius 2 is 1.89 bits per heavy atom. The molecule has 1 atom stereocenters. The lowest BCUT2D eigenvalue weighted by atomic mass is 10.0. The molecule has 0 aliphatic heterocycles. The van der Waals surface area contributed by atoms with Crippen LogP contribution >= 0.6 is 11.3 Å². The van der Waals surface area contributed by atoms with E-state index in [0.717, 1.165) is 0 Å². The fourth-order valence-electron chi connectivity index (χ4n) is 2.20. The number of carbonyl (C=O) groups excluding carboxylic acids is 3. The molecule has 1 unspecified atom stereocenters. The van der Waals surface area contributed by atoms with E-state index in [1.807, 2.05) is 6.07 Å². The molecule has 0 aliphatic rings. The second-order valence-electron chi connectivity index (χ2n) is 5.99. The molecule has 1 aromatic heterocycles. The molecule has 0 bridgehead atoms. The van der Waals surface area contributed by atoms with Crippen LogP contribution in [0.1, 0.15) is 29.8 Å². The number of benzene rings is 1. The zero-order valence-electron chi connectivity index (χ0n) is 14.9. The summed E-state index contributed by atoms with van der Waals surface area (Å²) in [5.41, 5.74) is 0.769. The summed E-state index contributed by atoms with van der Waals surface area (Å²) in [5, 5.41) is 16.2. The van der Waals surface area contributed by atoms with E-state index in [1.54, 1.807) is 55.6 Å². The van der Waals surface area contributed by atoms with Gasteiger partial charge in [-0.3, -0.25) is 9.59 Å². The van der Waals surface area contributed by atoms with Crippen molar-refractivity contribution in [3.8, 4) is 6.07 Å². The van der Waals surface area contributed by atoms with Gasteiger partial charge in [-0.15, -0.1) is 11.3 Å². The zero-order valence-corrected chi connectivity index (χ0v) is 15.7. The third kappa shape index (κ3) is 5.66. The van der Waals surface area contributed by atoms with Crippen molar-refractivity contribution in [1.82, 2.24) is 5.32 Å². The number of nitriles is 1. The van der Waals surface area contributed by atoms with Crippen molar-refractivity contribution in [3.63, 3.8) is 0 Å². The van der Waals surface area contributed by atoms with Crippen LogP contribution in [0.4, 0.5) is 5.00 Å². The summed E-state index contributed by atoms with van der Waals surface area (Å²) in [6.45, 7) is 3.02. The van der Waals surface area contributed by atoms with Crippen molar-refractivity contribution in [2.45, 2.75) is 19.9 Å². The van der Waals surface area contributed by atoms with Crippen molar-refractivity contribution in [2.75, 3.05) is 11.9 Å². The van der Waals surface area contributed by atoms with Crippen LogP contribution in [0.5, 0.6) is 0 Å². The smallest absolute Gasteiger partial charge is 0.329 e. The van der Waals surface area contributed by atoms with E-state index in [2.05, 4.69) is 10.6 Å². The molecule has 2 aromatic rings. The lowest BCUT2D eigenvalue weighted by Crippen LogP contribution is -2.45. The predicted molar refractivity (Wildman–Crippen MR) is 101 cm³/mol. The fourth-order valence-corrected chi connectivity index (χ4v) is 2.95. The van der Waals surface area contributed by atoms with Crippen molar-refractivity contribution in [1.29, 1.82) is 5.26 Å². The highest BCUT2D eigenvalue weighted by Gasteiger charge is 2.26. The van der Waals surface area contributed by atoms with E-state index in [4.69, 9.17) is 10.00 Å². The SMILES string of the molecule is CC(C)C(NC(=O)c1ccccc1)C(=O)OCC(=O)Nc1sccc1C#N. The lowest BCUT2D eigenvalue weighted by molar-refractivity contribution is -0.150. The molecule has 8 heteroatoms. The number of ether oxygens (including phenoxy) is 1. The molecule has 7 nitrogen and oxygen atoms in total. The number of thiophene rings is 1. The number of rotatable bonds is 7. The first-order valence-corrected chi connectivity index (χ1v) is 9.10. The standard InChI is InChI=1S/C19H19N3O4S/c1-12(2)16(22-17(24)13-6-4-3-5-7-13)19(25)26-11-15(23)21-18-14(10-20)8-9-27-18/h3-9,12,16H,11H2,1-2H3,(H,21,23)(H,22,24). The average Bonchev–Trinajstić information content (AvgIpc) is 3.11. The van der Waals surface area contributed by atoms with Crippen LogP contribution in [0, 0.1) is 17.2 Å². The van der Waals surface area contributed by atoms with E-state index < -0.39 is 30.4 Å². The average molecular weight is 385 g/mol. The van der Waals surface area contributed by atoms with Gasteiger partial charge in [0.2, 0.25) is 0 Å². The number of hydrogen-bond donors (Lipinski definition) is 2. The van der Waals surface area contributed by atoms with Crippen LogP contribution in [-0.4, -0.2) is 30.4 Å². The molecule has 27 heavy (non-hydrogen) atoms. The summed E-state index contributed by atoms with van der Waals surface area (Å²) < 4.78 is 5.04. The summed E-state index contributed by atoms with van der Waals surface area (Å²) >= 11 is 1.20. The predicted octanol–water partition coefficient (Wildman–Crippen LogP) is 2.56. The van der Waals surface area contributed by atoms with Gasteiger partial charge in [0.25, 0.3) is 11.8 Å². The molecule has 0 saturated heterocycles. The maximum absolute atomic E-state index is 12.3. The largest absolute Gasteiger partial charge is 0.454 e. The molecule has 2 N–H and O–H groups in total. The third-order valence-electron chi connectivity index (χ3n) is 3.63. The van der Waals surface area contributed by atoms with E-state index in [0.29, 0.717) is 16.1 Å². The highest BCUT2D eigenvalue weighted by atomic mass is 32.1. The molecule has 140 valence electrons. The Bertz CT molecular complexity index is 855. The van der Waals surface area contributed by atoms with Gasteiger partial charge in [-0.1, -0.05) is 32.0 Å². The molecule has 0 aliphatic carbocycles. The second-order valence-corrected chi connectivity index (χ2v) is 6.91. The second kappa shape index (κ2) is 9.50. The van der Waals surface area contributed by atoms with Gasteiger partial charge in [0, 0.05) is 5.56 Å². The first kappa shape index (κ1) is 20.1. The van der Waals surface area contributed by atoms with Gasteiger partial charge in [0.15, 0.2) is 6.61 Å². The molecular weight excluding hydrogens is 366 g/mol. The van der Waals surface area contributed by atoms with Crippen molar-refractivity contribution in [2.24, 2.45) is 5.92 Å². The monoisotopic (exact) mass is 385 g/mol. The van der Waals surface area contributed by atoms with Crippen LogP contribution in [0.25, 0.3) is 0 Å². The molecular formula is C19H19N3O4S. The number of amides is 2. The van der Waals surface area contributed by atoms with Crippen molar-refractivity contribution >= 4 is 34.1 Å². The van der Waals surface area contributed by atoms with Gasteiger partial charge in [0.1, 0.15) is 17.1 Å².